The third kappa shape index (κ3) is 5.27. The van der Waals surface area contributed by atoms with E-state index in [-0.39, 0.29) is 17.7 Å². The van der Waals surface area contributed by atoms with Crippen LogP contribution < -0.4 is 10.1 Å². The molecule has 0 aromatic heterocycles. The summed E-state index contributed by atoms with van der Waals surface area (Å²) in [5.41, 5.74) is 0.986. The number of benzene rings is 1. The SMILES string of the molecule is CCCCOc1cccc(CNC(=O)[C@@H]2CC[C@H](C(=O)O)C2)c1. The molecule has 2 rings (SSSR count). The van der Waals surface area contributed by atoms with Gasteiger partial charge >= 0.3 is 5.97 Å². The van der Waals surface area contributed by atoms with E-state index in [1.807, 2.05) is 24.3 Å². The summed E-state index contributed by atoms with van der Waals surface area (Å²) in [7, 11) is 0. The lowest BCUT2D eigenvalue weighted by molar-refractivity contribution is -0.141. The lowest BCUT2D eigenvalue weighted by atomic mass is 10.0. The first kappa shape index (κ1) is 17.3. The average molecular weight is 319 g/mol. The molecule has 0 unspecified atom stereocenters. The molecule has 23 heavy (non-hydrogen) atoms. The minimum Gasteiger partial charge on any atom is -0.494 e. The molecule has 0 radical (unpaired) electrons. The van der Waals surface area contributed by atoms with Crippen LogP contribution in [0.4, 0.5) is 0 Å². The van der Waals surface area contributed by atoms with E-state index in [4.69, 9.17) is 9.84 Å². The highest BCUT2D eigenvalue weighted by Gasteiger charge is 2.33. The lowest BCUT2D eigenvalue weighted by Crippen LogP contribution is -2.29. The van der Waals surface area contributed by atoms with E-state index in [1.165, 1.54) is 0 Å². The number of rotatable bonds is 8. The van der Waals surface area contributed by atoms with Gasteiger partial charge in [-0.05, 0) is 43.4 Å². The van der Waals surface area contributed by atoms with Gasteiger partial charge in [-0.3, -0.25) is 9.59 Å². The number of carboxylic acid groups (broad SMARTS) is 1. The van der Waals surface area contributed by atoms with E-state index in [0.29, 0.717) is 32.4 Å². The van der Waals surface area contributed by atoms with Crippen molar-refractivity contribution in [2.45, 2.75) is 45.6 Å². The van der Waals surface area contributed by atoms with Crippen molar-refractivity contribution in [1.82, 2.24) is 5.32 Å². The average Bonchev–Trinajstić information content (AvgIpc) is 3.04. The number of hydrogen-bond donors (Lipinski definition) is 2. The summed E-state index contributed by atoms with van der Waals surface area (Å²) in [6.45, 7) is 3.26. The second-order valence-electron chi connectivity index (χ2n) is 6.11. The van der Waals surface area contributed by atoms with Crippen LogP contribution in [0.2, 0.25) is 0 Å². The second kappa shape index (κ2) is 8.56. The molecule has 0 aliphatic heterocycles. The molecule has 5 nitrogen and oxygen atoms in total. The molecule has 0 spiro atoms. The Kier molecular flexibility index (Phi) is 6.44. The minimum absolute atomic E-state index is 0.0499. The summed E-state index contributed by atoms with van der Waals surface area (Å²) in [4.78, 5) is 23.1. The van der Waals surface area contributed by atoms with Gasteiger partial charge in [0.15, 0.2) is 0 Å². The van der Waals surface area contributed by atoms with Crippen LogP contribution in [0.5, 0.6) is 5.75 Å². The van der Waals surface area contributed by atoms with Crippen molar-refractivity contribution in [2.24, 2.45) is 11.8 Å². The van der Waals surface area contributed by atoms with E-state index >= 15 is 0 Å². The molecule has 0 heterocycles. The number of carboxylic acids is 1. The van der Waals surface area contributed by atoms with E-state index in [1.54, 1.807) is 0 Å². The maximum atomic E-state index is 12.1. The summed E-state index contributed by atoms with van der Waals surface area (Å²) < 4.78 is 5.66. The molecule has 1 aromatic rings. The first-order valence-electron chi connectivity index (χ1n) is 8.32. The summed E-state index contributed by atoms with van der Waals surface area (Å²) in [5, 5.41) is 11.9. The quantitative estimate of drug-likeness (QED) is 0.722. The topological polar surface area (TPSA) is 75.6 Å². The van der Waals surface area contributed by atoms with Crippen LogP contribution in [-0.2, 0) is 16.1 Å². The van der Waals surface area contributed by atoms with Crippen molar-refractivity contribution in [3.8, 4) is 5.75 Å². The molecule has 1 aliphatic rings. The van der Waals surface area contributed by atoms with Gasteiger partial charge in [0.25, 0.3) is 0 Å². The number of aliphatic carboxylic acids is 1. The fraction of sp³-hybridized carbons (Fsp3) is 0.556. The third-order valence-corrected chi connectivity index (χ3v) is 4.28. The van der Waals surface area contributed by atoms with Crippen molar-refractivity contribution in [3.63, 3.8) is 0 Å². The number of carbonyl (C=O) groups excluding carboxylic acids is 1. The number of amides is 1. The Morgan fingerprint density at radius 1 is 1.30 bits per heavy atom. The van der Waals surface area contributed by atoms with Gasteiger partial charge < -0.3 is 15.2 Å². The van der Waals surface area contributed by atoms with Crippen LogP contribution in [-0.4, -0.2) is 23.6 Å². The maximum Gasteiger partial charge on any atom is 0.306 e. The number of ether oxygens (including phenoxy) is 1. The van der Waals surface area contributed by atoms with E-state index in [0.717, 1.165) is 24.2 Å². The molecule has 126 valence electrons. The van der Waals surface area contributed by atoms with Gasteiger partial charge in [-0.25, -0.2) is 0 Å². The first-order valence-corrected chi connectivity index (χ1v) is 8.32. The first-order chi connectivity index (χ1) is 11.1. The van der Waals surface area contributed by atoms with Gasteiger partial charge in [0, 0.05) is 12.5 Å². The molecular formula is C18H25NO4. The zero-order valence-electron chi connectivity index (χ0n) is 13.6. The standard InChI is InChI=1S/C18H25NO4/c1-2-3-9-23-16-6-4-5-13(10-16)12-19-17(20)14-7-8-15(11-14)18(21)22/h4-6,10,14-15H,2-3,7-9,11-12H2,1H3,(H,19,20)(H,21,22)/t14-,15+/m1/s1. The summed E-state index contributed by atoms with van der Waals surface area (Å²) >= 11 is 0. The van der Waals surface area contributed by atoms with Gasteiger partial charge in [0.1, 0.15) is 5.75 Å². The molecule has 0 saturated heterocycles. The highest BCUT2D eigenvalue weighted by atomic mass is 16.5. The molecule has 2 atom stereocenters. The molecule has 1 fully saturated rings. The normalized spacial score (nSPS) is 20.2. The van der Waals surface area contributed by atoms with Crippen molar-refractivity contribution < 1.29 is 19.4 Å². The highest BCUT2D eigenvalue weighted by molar-refractivity contribution is 5.80. The smallest absolute Gasteiger partial charge is 0.306 e. The zero-order valence-corrected chi connectivity index (χ0v) is 13.6. The molecule has 2 N–H and O–H groups in total. The molecule has 5 heteroatoms. The minimum atomic E-state index is -0.794. The monoisotopic (exact) mass is 319 g/mol. The third-order valence-electron chi connectivity index (χ3n) is 4.28. The molecule has 1 amide bonds. The highest BCUT2D eigenvalue weighted by Crippen LogP contribution is 2.31. The molecular weight excluding hydrogens is 294 g/mol. The predicted molar refractivity (Wildman–Crippen MR) is 87.2 cm³/mol. The fourth-order valence-corrected chi connectivity index (χ4v) is 2.86. The second-order valence-corrected chi connectivity index (χ2v) is 6.11. The Labute approximate surface area is 137 Å². The molecule has 0 bridgehead atoms. The van der Waals surface area contributed by atoms with Gasteiger partial charge in [-0.15, -0.1) is 0 Å². The van der Waals surface area contributed by atoms with Gasteiger partial charge in [-0.1, -0.05) is 25.5 Å². The summed E-state index contributed by atoms with van der Waals surface area (Å²) in [6, 6.07) is 7.71. The Balaban J connectivity index is 1.80. The van der Waals surface area contributed by atoms with Crippen LogP contribution in [0.1, 0.15) is 44.6 Å². The van der Waals surface area contributed by atoms with Crippen LogP contribution in [0.15, 0.2) is 24.3 Å². The fourth-order valence-electron chi connectivity index (χ4n) is 2.86. The Morgan fingerprint density at radius 3 is 2.78 bits per heavy atom. The Bertz CT molecular complexity index is 544. The van der Waals surface area contributed by atoms with Gasteiger partial charge in [0.2, 0.25) is 5.91 Å². The molecule has 1 aliphatic carbocycles. The van der Waals surface area contributed by atoms with E-state index in [2.05, 4.69) is 12.2 Å². The number of unbranched alkanes of at least 4 members (excludes halogenated alkanes) is 1. The van der Waals surface area contributed by atoms with Crippen LogP contribution >= 0.6 is 0 Å². The predicted octanol–water partition coefficient (Wildman–Crippen LogP) is 2.98. The van der Waals surface area contributed by atoms with E-state index in [9.17, 15) is 9.59 Å². The zero-order chi connectivity index (χ0) is 16.7. The number of hydrogen-bond acceptors (Lipinski definition) is 3. The maximum absolute atomic E-state index is 12.1. The Hall–Kier alpha value is -2.04. The van der Waals surface area contributed by atoms with Crippen LogP contribution in [0.25, 0.3) is 0 Å². The largest absolute Gasteiger partial charge is 0.494 e. The van der Waals surface area contributed by atoms with Gasteiger partial charge in [-0.2, -0.15) is 0 Å². The van der Waals surface area contributed by atoms with Crippen LogP contribution in [0.3, 0.4) is 0 Å². The van der Waals surface area contributed by atoms with Crippen molar-refractivity contribution in [1.29, 1.82) is 0 Å². The summed E-state index contributed by atoms with van der Waals surface area (Å²) in [5.74, 6) is -0.582. The van der Waals surface area contributed by atoms with Crippen LogP contribution in [0, 0.1) is 11.8 Å². The number of carbonyl (C=O) groups is 2. The number of nitrogens with one attached hydrogen (secondary N) is 1. The van der Waals surface area contributed by atoms with Gasteiger partial charge in [0.05, 0.1) is 12.5 Å². The molecule has 1 saturated carbocycles. The van der Waals surface area contributed by atoms with Crippen molar-refractivity contribution >= 4 is 11.9 Å². The van der Waals surface area contributed by atoms with E-state index < -0.39 is 5.97 Å². The molecule has 1 aromatic carbocycles. The van der Waals surface area contributed by atoms with Crippen molar-refractivity contribution in [2.75, 3.05) is 6.61 Å². The Morgan fingerprint density at radius 2 is 2.09 bits per heavy atom. The lowest BCUT2D eigenvalue weighted by Gasteiger charge is -2.12. The summed E-state index contributed by atoms with van der Waals surface area (Å²) in [6.07, 6.45) is 3.81. The van der Waals surface area contributed by atoms with Crippen molar-refractivity contribution in [3.05, 3.63) is 29.8 Å².